The molecule has 110 valence electrons. The first kappa shape index (κ1) is 14.0. The maximum Gasteiger partial charge on any atom is 0.188 e. The number of nitriles is 1. The van der Waals surface area contributed by atoms with E-state index in [-0.39, 0.29) is 0 Å². The Hall–Kier alpha value is -2.95. The highest BCUT2D eigenvalue weighted by atomic mass is 15.6. The van der Waals surface area contributed by atoms with Gasteiger partial charge in [0.1, 0.15) is 11.6 Å². The second-order valence-electron chi connectivity index (χ2n) is 4.82. The summed E-state index contributed by atoms with van der Waals surface area (Å²) in [6.07, 6.45) is 3.08. The number of benzene rings is 1. The van der Waals surface area contributed by atoms with E-state index in [1.165, 1.54) is 9.69 Å². The second-order valence-corrected chi connectivity index (χ2v) is 4.82. The Balaban J connectivity index is 2.05. The summed E-state index contributed by atoms with van der Waals surface area (Å²) >= 11 is 0. The van der Waals surface area contributed by atoms with Crippen LogP contribution in [0.5, 0.6) is 0 Å². The average molecular weight is 293 g/mol. The summed E-state index contributed by atoms with van der Waals surface area (Å²) in [6, 6.07) is 13.7. The van der Waals surface area contributed by atoms with E-state index < -0.39 is 6.29 Å². The van der Waals surface area contributed by atoms with Crippen molar-refractivity contribution in [3.63, 3.8) is 0 Å². The summed E-state index contributed by atoms with van der Waals surface area (Å²) in [7, 11) is 0. The number of nitrogens with two attached hydrogens (primary N) is 2. The van der Waals surface area contributed by atoms with E-state index >= 15 is 0 Å². The van der Waals surface area contributed by atoms with Gasteiger partial charge in [-0.05, 0) is 11.6 Å². The molecule has 2 aromatic rings. The lowest BCUT2D eigenvalue weighted by Crippen LogP contribution is -2.49. The molecule has 1 unspecified atom stereocenters. The van der Waals surface area contributed by atoms with Crippen molar-refractivity contribution < 1.29 is 0 Å². The molecule has 0 amide bonds. The van der Waals surface area contributed by atoms with E-state index in [0.717, 1.165) is 5.56 Å². The number of hydrogen-bond acceptors (Lipinski definition) is 6. The lowest BCUT2D eigenvalue weighted by molar-refractivity contribution is 0.295. The highest BCUT2D eigenvalue weighted by Gasteiger charge is 2.28. The lowest BCUT2D eigenvalue weighted by Gasteiger charge is -2.31. The van der Waals surface area contributed by atoms with Crippen LogP contribution in [-0.2, 0) is 6.42 Å². The van der Waals surface area contributed by atoms with Gasteiger partial charge < -0.3 is 0 Å². The van der Waals surface area contributed by atoms with E-state index in [4.69, 9.17) is 11.6 Å². The van der Waals surface area contributed by atoms with Crippen molar-refractivity contribution in [3.8, 4) is 6.07 Å². The largest absolute Gasteiger partial charge is 0.291 e. The molecule has 7 heteroatoms. The molecule has 3 rings (SSSR count). The quantitative estimate of drug-likeness (QED) is 0.809. The highest BCUT2D eigenvalue weighted by Crippen LogP contribution is 2.22. The molecule has 1 aromatic heterocycles. The maximum absolute atomic E-state index is 9.56. The van der Waals surface area contributed by atoms with Crippen molar-refractivity contribution in [2.45, 2.75) is 12.7 Å². The van der Waals surface area contributed by atoms with Crippen LogP contribution in [0.4, 0.5) is 0 Å². The Bertz CT molecular complexity index is 753. The van der Waals surface area contributed by atoms with Crippen molar-refractivity contribution >= 4 is 11.5 Å². The number of aliphatic imine (C=N–C) groups is 1. The molecule has 1 aliphatic heterocycles. The Labute approximate surface area is 127 Å². The van der Waals surface area contributed by atoms with E-state index in [1.807, 2.05) is 30.3 Å². The summed E-state index contributed by atoms with van der Waals surface area (Å²) in [4.78, 5) is 4.34. The molecule has 4 N–H and O–H groups in total. The number of rotatable bonds is 3. The van der Waals surface area contributed by atoms with Crippen molar-refractivity contribution in [1.82, 2.24) is 14.8 Å². The third-order valence-corrected chi connectivity index (χ3v) is 3.38. The Morgan fingerprint density at radius 3 is 2.64 bits per heavy atom. The Morgan fingerprint density at radius 1 is 1.23 bits per heavy atom. The zero-order chi connectivity index (χ0) is 15.5. The van der Waals surface area contributed by atoms with Crippen LogP contribution in [0.15, 0.2) is 59.4 Å². The monoisotopic (exact) mass is 293 g/mol. The lowest BCUT2D eigenvalue weighted by atomic mass is 10.0. The minimum absolute atomic E-state index is 0.372. The molecule has 0 radical (unpaired) electrons. The third-order valence-electron chi connectivity index (χ3n) is 3.38. The van der Waals surface area contributed by atoms with Gasteiger partial charge in [0.25, 0.3) is 0 Å². The number of hydrogen-bond donors (Lipinski definition) is 2. The fourth-order valence-electron chi connectivity index (χ4n) is 2.33. The van der Waals surface area contributed by atoms with Crippen LogP contribution in [0.1, 0.15) is 5.56 Å². The van der Waals surface area contributed by atoms with Crippen molar-refractivity contribution in [1.29, 1.82) is 5.26 Å². The molecule has 0 bridgehead atoms. The number of hydrazine groups is 1. The van der Waals surface area contributed by atoms with Crippen LogP contribution in [0, 0.1) is 11.3 Å². The molecule has 1 aliphatic rings. The van der Waals surface area contributed by atoms with Crippen LogP contribution >= 0.6 is 0 Å². The van der Waals surface area contributed by atoms with Gasteiger partial charge in [-0.2, -0.15) is 10.4 Å². The molecule has 0 aliphatic carbocycles. The van der Waals surface area contributed by atoms with Gasteiger partial charge in [0.15, 0.2) is 12.1 Å². The van der Waals surface area contributed by atoms with Crippen molar-refractivity contribution in [2.75, 3.05) is 0 Å². The van der Waals surface area contributed by atoms with E-state index in [1.54, 1.807) is 18.5 Å². The maximum atomic E-state index is 9.56. The minimum atomic E-state index is -0.755. The normalized spacial score (nSPS) is 18.1. The topological polar surface area (TPSA) is 109 Å². The number of aromatic nitrogens is 2. The van der Waals surface area contributed by atoms with Crippen LogP contribution in [0.25, 0.3) is 5.82 Å². The molecule has 0 fully saturated rings. The Morgan fingerprint density at radius 2 is 2.00 bits per heavy atom. The first-order valence-corrected chi connectivity index (χ1v) is 6.75. The van der Waals surface area contributed by atoms with Gasteiger partial charge in [-0.3, -0.25) is 10.7 Å². The van der Waals surface area contributed by atoms with Crippen molar-refractivity contribution in [2.24, 2.45) is 16.6 Å². The summed E-state index contributed by atoms with van der Waals surface area (Å²) in [5, 5.41) is 14.9. The summed E-state index contributed by atoms with van der Waals surface area (Å²) < 4.78 is 1.53. The zero-order valence-electron chi connectivity index (χ0n) is 11.8. The molecule has 22 heavy (non-hydrogen) atoms. The van der Waals surface area contributed by atoms with Gasteiger partial charge in [-0.1, -0.05) is 30.3 Å². The SMILES string of the molecule is N#CC1=C(n2cccn2)N(N)C(N)N=C1Cc1ccccc1. The van der Waals surface area contributed by atoms with E-state index in [2.05, 4.69) is 16.2 Å². The zero-order valence-corrected chi connectivity index (χ0v) is 11.8. The molecule has 1 aromatic carbocycles. The Kier molecular flexibility index (Phi) is 3.70. The molecule has 7 nitrogen and oxygen atoms in total. The molecular weight excluding hydrogens is 278 g/mol. The van der Waals surface area contributed by atoms with E-state index in [0.29, 0.717) is 23.5 Å². The predicted molar refractivity (Wildman–Crippen MR) is 82.6 cm³/mol. The predicted octanol–water partition coefficient (Wildman–Crippen LogP) is 0.691. The van der Waals surface area contributed by atoms with Crippen molar-refractivity contribution in [3.05, 3.63) is 59.9 Å². The highest BCUT2D eigenvalue weighted by molar-refractivity contribution is 6.09. The van der Waals surface area contributed by atoms with Crippen LogP contribution in [-0.4, -0.2) is 26.8 Å². The minimum Gasteiger partial charge on any atom is -0.291 e. The van der Waals surface area contributed by atoms with Gasteiger partial charge in [0.2, 0.25) is 0 Å². The summed E-state index contributed by atoms with van der Waals surface area (Å²) in [5.74, 6) is 6.40. The summed E-state index contributed by atoms with van der Waals surface area (Å²) in [6.45, 7) is 0. The van der Waals surface area contributed by atoms with Gasteiger partial charge in [0.05, 0.1) is 5.71 Å². The number of nitrogens with zero attached hydrogens (tertiary/aromatic N) is 5. The molecule has 0 spiro atoms. The van der Waals surface area contributed by atoms with Crippen LogP contribution in [0.2, 0.25) is 0 Å². The average Bonchev–Trinajstić information content (AvgIpc) is 3.05. The van der Waals surface area contributed by atoms with Crippen LogP contribution < -0.4 is 11.6 Å². The molecule has 0 saturated heterocycles. The molecular formula is C15H15N7. The standard InChI is InChI=1S/C15H15N7/c16-10-12-13(9-11-5-2-1-3-6-11)20-15(17)22(18)14(12)21-8-4-7-19-21/h1-8,15H,9,17-18H2. The fraction of sp³-hybridized carbons (Fsp3) is 0.133. The second kappa shape index (κ2) is 5.81. The number of allylic oxidation sites excluding steroid dienone is 1. The van der Waals surface area contributed by atoms with E-state index in [9.17, 15) is 5.26 Å². The molecule has 0 saturated carbocycles. The summed E-state index contributed by atoms with van der Waals surface area (Å²) in [5.41, 5.74) is 7.99. The molecule has 2 heterocycles. The van der Waals surface area contributed by atoms with Gasteiger partial charge in [-0.25, -0.2) is 15.5 Å². The van der Waals surface area contributed by atoms with Gasteiger partial charge in [0, 0.05) is 18.8 Å². The van der Waals surface area contributed by atoms with Gasteiger partial charge in [-0.15, -0.1) is 0 Å². The third kappa shape index (κ3) is 2.48. The van der Waals surface area contributed by atoms with Crippen LogP contribution in [0.3, 0.4) is 0 Å². The fourth-order valence-corrected chi connectivity index (χ4v) is 2.33. The smallest absolute Gasteiger partial charge is 0.188 e. The first-order chi connectivity index (χ1) is 10.7. The first-order valence-electron chi connectivity index (χ1n) is 6.75. The molecule has 1 atom stereocenters. The van der Waals surface area contributed by atoms with Gasteiger partial charge >= 0.3 is 0 Å².